The molecule has 2 aromatic rings. The summed E-state index contributed by atoms with van der Waals surface area (Å²) in [6.45, 7) is 1.86. The number of aryl methyl sites for hydroxylation is 1. The molecule has 0 unspecified atom stereocenters. The number of aromatic hydroxyl groups is 1. The normalized spacial score (nSPS) is 12.1. The summed E-state index contributed by atoms with van der Waals surface area (Å²) in [4.78, 5) is 3.05. The van der Waals surface area contributed by atoms with Crippen LogP contribution >= 0.6 is 10.7 Å². The maximum atomic E-state index is 10.9. The summed E-state index contributed by atoms with van der Waals surface area (Å²) < 4.78 is 21.9. The van der Waals surface area contributed by atoms with E-state index in [9.17, 15) is 13.5 Å². The van der Waals surface area contributed by atoms with Gasteiger partial charge >= 0.3 is 0 Å². The Morgan fingerprint density at radius 2 is 2.12 bits per heavy atom. The zero-order valence-electron chi connectivity index (χ0n) is 8.49. The van der Waals surface area contributed by atoms with Crippen LogP contribution in [0.15, 0.2) is 18.2 Å². The van der Waals surface area contributed by atoms with Crippen molar-refractivity contribution in [3.63, 3.8) is 0 Å². The number of hydrogen-bond donors (Lipinski definition) is 2. The van der Waals surface area contributed by atoms with Gasteiger partial charge in [-0.05, 0) is 19.1 Å². The molecule has 0 amide bonds. The van der Waals surface area contributed by atoms with Gasteiger partial charge in [-0.25, -0.2) is 8.42 Å². The van der Waals surface area contributed by atoms with Crippen molar-refractivity contribution in [2.75, 3.05) is 0 Å². The van der Waals surface area contributed by atoms with Crippen LogP contribution in [0.2, 0.25) is 0 Å². The first-order valence-corrected chi connectivity index (χ1v) is 7.07. The Morgan fingerprint density at radius 1 is 1.44 bits per heavy atom. The molecule has 0 aliphatic heterocycles. The topological polar surface area (TPSA) is 70.2 Å². The fraction of sp³-hybridized carbons (Fsp3) is 0.200. The van der Waals surface area contributed by atoms with Crippen molar-refractivity contribution in [2.45, 2.75) is 12.7 Å². The molecule has 2 N–H and O–H groups in total. The highest BCUT2D eigenvalue weighted by atomic mass is 35.7. The SMILES string of the molecule is Cc1cc2c(O)c(CS(=O)(=O)Cl)ccc2[nH]1. The maximum Gasteiger partial charge on any atom is 0.236 e. The van der Waals surface area contributed by atoms with E-state index in [0.29, 0.717) is 10.9 Å². The maximum absolute atomic E-state index is 10.9. The van der Waals surface area contributed by atoms with Crippen molar-refractivity contribution in [3.05, 3.63) is 29.5 Å². The van der Waals surface area contributed by atoms with Gasteiger partial charge in [-0.3, -0.25) is 0 Å². The van der Waals surface area contributed by atoms with Crippen molar-refractivity contribution in [3.8, 4) is 5.75 Å². The quantitative estimate of drug-likeness (QED) is 0.813. The number of benzene rings is 1. The molecule has 2 rings (SSSR count). The molecular formula is C10H10ClNO3S. The van der Waals surface area contributed by atoms with E-state index in [-0.39, 0.29) is 11.5 Å². The third-order valence-electron chi connectivity index (χ3n) is 2.32. The zero-order chi connectivity index (χ0) is 11.9. The highest BCUT2D eigenvalue weighted by Crippen LogP contribution is 2.30. The minimum absolute atomic E-state index is 0.0360. The molecule has 86 valence electrons. The molecule has 0 saturated carbocycles. The van der Waals surface area contributed by atoms with E-state index in [1.807, 2.05) is 6.92 Å². The Bertz CT molecular complexity index is 645. The van der Waals surface area contributed by atoms with Crippen LogP contribution in [-0.2, 0) is 14.8 Å². The van der Waals surface area contributed by atoms with Gasteiger partial charge in [-0.15, -0.1) is 0 Å². The van der Waals surface area contributed by atoms with Crippen LogP contribution in [0.4, 0.5) is 0 Å². The van der Waals surface area contributed by atoms with Crippen molar-refractivity contribution in [2.24, 2.45) is 0 Å². The summed E-state index contributed by atoms with van der Waals surface area (Å²) >= 11 is 0. The Kier molecular flexibility index (Phi) is 2.59. The third-order valence-corrected chi connectivity index (χ3v) is 3.30. The number of rotatable bonds is 2. The predicted octanol–water partition coefficient (Wildman–Crippen LogP) is 2.25. The van der Waals surface area contributed by atoms with Gasteiger partial charge in [-0.2, -0.15) is 0 Å². The van der Waals surface area contributed by atoms with Crippen LogP contribution < -0.4 is 0 Å². The van der Waals surface area contributed by atoms with Gasteiger partial charge in [0.1, 0.15) is 5.75 Å². The number of aromatic amines is 1. The van der Waals surface area contributed by atoms with Gasteiger partial charge in [-0.1, -0.05) is 6.07 Å². The van der Waals surface area contributed by atoms with Crippen molar-refractivity contribution in [1.82, 2.24) is 4.98 Å². The summed E-state index contributed by atoms with van der Waals surface area (Å²) in [7, 11) is 1.49. The molecule has 1 aromatic carbocycles. The Balaban J connectivity index is 2.60. The second-order valence-electron chi connectivity index (χ2n) is 3.67. The molecule has 0 spiro atoms. The Labute approximate surface area is 97.3 Å². The van der Waals surface area contributed by atoms with E-state index >= 15 is 0 Å². The van der Waals surface area contributed by atoms with Gasteiger partial charge in [0, 0.05) is 32.8 Å². The van der Waals surface area contributed by atoms with Gasteiger partial charge in [0.05, 0.1) is 5.75 Å². The number of halogens is 1. The number of H-pyrrole nitrogens is 1. The zero-order valence-corrected chi connectivity index (χ0v) is 10.1. The Morgan fingerprint density at radius 3 is 2.75 bits per heavy atom. The average Bonchev–Trinajstić information content (AvgIpc) is 2.50. The largest absolute Gasteiger partial charge is 0.507 e. The summed E-state index contributed by atoms with van der Waals surface area (Å²) in [6.07, 6.45) is 0. The number of aromatic nitrogens is 1. The lowest BCUT2D eigenvalue weighted by atomic mass is 10.1. The first-order valence-electron chi connectivity index (χ1n) is 4.59. The van der Waals surface area contributed by atoms with Gasteiger partial charge < -0.3 is 10.1 Å². The first-order chi connectivity index (χ1) is 7.37. The molecule has 16 heavy (non-hydrogen) atoms. The molecule has 0 aliphatic carbocycles. The van der Waals surface area contributed by atoms with Crippen LogP contribution in [0, 0.1) is 6.92 Å². The van der Waals surface area contributed by atoms with Crippen molar-refractivity contribution >= 4 is 30.6 Å². The molecular weight excluding hydrogens is 250 g/mol. The Hall–Kier alpha value is -1.20. The molecule has 0 radical (unpaired) electrons. The lowest BCUT2D eigenvalue weighted by Gasteiger charge is -2.03. The standard InChI is InChI=1S/C10H10ClNO3S/c1-6-4-8-9(12-6)3-2-7(10(8)13)5-16(11,14)15/h2-4,12-13H,5H2,1H3. The second kappa shape index (κ2) is 3.68. The monoisotopic (exact) mass is 259 g/mol. The van der Waals surface area contributed by atoms with Crippen LogP contribution in [0.1, 0.15) is 11.3 Å². The number of phenolic OH excluding ortho intramolecular Hbond substituents is 1. The van der Waals surface area contributed by atoms with Crippen molar-refractivity contribution < 1.29 is 13.5 Å². The molecule has 0 atom stereocenters. The summed E-state index contributed by atoms with van der Waals surface area (Å²) in [5, 5.41) is 10.5. The number of phenols is 1. The second-order valence-corrected chi connectivity index (χ2v) is 6.45. The minimum atomic E-state index is -3.66. The molecule has 6 heteroatoms. The summed E-state index contributed by atoms with van der Waals surface area (Å²) in [5.41, 5.74) is 1.98. The van der Waals surface area contributed by atoms with Crippen LogP contribution in [0.5, 0.6) is 5.75 Å². The minimum Gasteiger partial charge on any atom is -0.507 e. The highest BCUT2D eigenvalue weighted by Gasteiger charge is 2.14. The van der Waals surface area contributed by atoms with E-state index in [1.165, 1.54) is 0 Å². The number of nitrogens with one attached hydrogen (secondary N) is 1. The van der Waals surface area contributed by atoms with E-state index in [2.05, 4.69) is 4.98 Å². The van der Waals surface area contributed by atoms with Crippen LogP contribution in [0.25, 0.3) is 10.9 Å². The molecule has 0 saturated heterocycles. The third kappa shape index (κ3) is 2.15. The van der Waals surface area contributed by atoms with E-state index in [4.69, 9.17) is 10.7 Å². The van der Waals surface area contributed by atoms with Gasteiger partial charge in [0.25, 0.3) is 0 Å². The fourth-order valence-electron chi connectivity index (χ4n) is 1.68. The molecule has 4 nitrogen and oxygen atoms in total. The van der Waals surface area contributed by atoms with Crippen molar-refractivity contribution in [1.29, 1.82) is 0 Å². The summed E-state index contributed by atoms with van der Waals surface area (Å²) in [5.74, 6) is -0.410. The summed E-state index contributed by atoms with van der Waals surface area (Å²) in [6, 6.07) is 5.03. The lowest BCUT2D eigenvalue weighted by Crippen LogP contribution is -1.95. The first kappa shape index (κ1) is 11.3. The molecule has 1 heterocycles. The highest BCUT2D eigenvalue weighted by molar-refractivity contribution is 8.13. The van der Waals surface area contributed by atoms with Gasteiger partial charge in [0.2, 0.25) is 9.05 Å². The number of fused-ring (bicyclic) bond motifs is 1. The van der Waals surface area contributed by atoms with Crippen LogP contribution in [0.3, 0.4) is 0 Å². The average molecular weight is 260 g/mol. The van der Waals surface area contributed by atoms with E-state index < -0.39 is 9.05 Å². The van der Waals surface area contributed by atoms with Crippen LogP contribution in [-0.4, -0.2) is 18.5 Å². The predicted molar refractivity (Wildman–Crippen MR) is 63.2 cm³/mol. The lowest BCUT2D eigenvalue weighted by molar-refractivity contribution is 0.476. The van der Waals surface area contributed by atoms with Gasteiger partial charge in [0.15, 0.2) is 0 Å². The molecule has 0 fully saturated rings. The van der Waals surface area contributed by atoms with E-state index in [1.54, 1.807) is 18.2 Å². The molecule has 0 bridgehead atoms. The molecule has 0 aliphatic rings. The number of hydrogen-bond acceptors (Lipinski definition) is 3. The fourth-order valence-corrected chi connectivity index (χ4v) is 2.63. The smallest absolute Gasteiger partial charge is 0.236 e. The molecule has 1 aromatic heterocycles. The van der Waals surface area contributed by atoms with E-state index in [0.717, 1.165) is 11.2 Å².